The van der Waals surface area contributed by atoms with Crippen molar-refractivity contribution in [3.05, 3.63) is 22.2 Å². The Labute approximate surface area is 121 Å². The lowest BCUT2D eigenvalue weighted by molar-refractivity contribution is -0.384. The normalized spacial score (nSPS) is 20.4. The first-order chi connectivity index (χ1) is 10.1. The highest BCUT2D eigenvalue weighted by molar-refractivity contribution is 5.96. The Bertz CT molecular complexity index is 584. The molecule has 112 valence electrons. The smallest absolute Gasteiger partial charge is 0.296 e. The molecule has 1 fully saturated rings. The van der Waals surface area contributed by atoms with E-state index in [1.807, 2.05) is 0 Å². The summed E-state index contributed by atoms with van der Waals surface area (Å²) in [5.74, 6) is 0.517. The Balaban J connectivity index is 1.84. The topological polar surface area (TPSA) is 106 Å². The Kier molecular flexibility index (Phi) is 3.61. The van der Waals surface area contributed by atoms with Crippen molar-refractivity contribution in [3.8, 4) is 5.75 Å². The van der Waals surface area contributed by atoms with Gasteiger partial charge in [-0.3, -0.25) is 14.9 Å². The van der Waals surface area contributed by atoms with Crippen molar-refractivity contribution in [2.75, 3.05) is 36.9 Å². The van der Waals surface area contributed by atoms with Gasteiger partial charge < -0.3 is 20.7 Å². The van der Waals surface area contributed by atoms with E-state index in [2.05, 4.69) is 16.0 Å². The summed E-state index contributed by atoms with van der Waals surface area (Å²) in [6.45, 7) is 2.42. The highest BCUT2D eigenvalue weighted by Crippen LogP contribution is 2.37. The predicted molar refractivity (Wildman–Crippen MR) is 76.7 cm³/mol. The van der Waals surface area contributed by atoms with E-state index >= 15 is 0 Å². The maximum Gasteiger partial charge on any atom is 0.296 e. The van der Waals surface area contributed by atoms with Gasteiger partial charge >= 0.3 is 0 Å². The predicted octanol–water partition coefficient (Wildman–Crippen LogP) is 0.947. The number of anilines is 2. The van der Waals surface area contributed by atoms with Crippen molar-refractivity contribution in [2.45, 2.75) is 6.42 Å². The first kappa shape index (κ1) is 13.6. The van der Waals surface area contributed by atoms with Crippen LogP contribution in [0.2, 0.25) is 0 Å². The number of nitrogens with zero attached hydrogens (tertiary/aromatic N) is 1. The van der Waals surface area contributed by atoms with Gasteiger partial charge in [-0.05, 0) is 31.5 Å². The Morgan fingerprint density at radius 1 is 1.48 bits per heavy atom. The van der Waals surface area contributed by atoms with Crippen LogP contribution < -0.4 is 20.7 Å². The van der Waals surface area contributed by atoms with E-state index in [4.69, 9.17) is 4.74 Å². The lowest BCUT2D eigenvalue weighted by Gasteiger charge is -2.19. The van der Waals surface area contributed by atoms with Gasteiger partial charge in [0.1, 0.15) is 5.69 Å². The third-order valence-electron chi connectivity index (χ3n) is 3.67. The maximum absolute atomic E-state index is 11.3. The van der Waals surface area contributed by atoms with Crippen molar-refractivity contribution >= 4 is 23.0 Å². The minimum atomic E-state index is -0.449. The lowest BCUT2D eigenvalue weighted by Crippen LogP contribution is -2.25. The molecular formula is C13H16N4O4. The molecule has 8 nitrogen and oxygen atoms in total. The Hall–Kier alpha value is -2.35. The Morgan fingerprint density at radius 3 is 3.05 bits per heavy atom. The van der Waals surface area contributed by atoms with E-state index in [0.717, 1.165) is 19.5 Å². The largest absolute Gasteiger partial charge is 0.481 e. The minimum Gasteiger partial charge on any atom is -0.481 e. The van der Waals surface area contributed by atoms with Crippen LogP contribution in [0.25, 0.3) is 0 Å². The van der Waals surface area contributed by atoms with Crippen LogP contribution in [0.3, 0.4) is 0 Å². The van der Waals surface area contributed by atoms with Crippen LogP contribution in [0.1, 0.15) is 6.42 Å². The average molecular weight is 292 g/mol. The first-order valence-electron chi connectivity index (χ1n) is 6.83. The van der Waals surface area contributed by atoms with Crippen molar-refractivity contribution in [3.63, 3.8) is 0 Å². The summed E-state index contributed by atoms with van der Waals surface area (Å²) in [4.78, 5) is 22.1. The van der Waals surface area contributed by atoms with E-state index < -0.39 is 4.92 Å². The zero-order valence-corrected chi connectivity index (χ0v) is 11.3. The standard InChI is InChI=1S/C13H16N4O4/c18-13-7-21-12-4-11(17(19)20)9(3-10(12)16-13)15-6-8-1-2-14-5-8/h3-4,8,14-15H,1-2,5-7H2,(H,16,18). The number of nitro benzene ring substituents is 1. The monoisotopic (exact) mass is 292 g/mol. The SMILES string of the molecule is O=C1COc2cc([N+](=O)[O-])c(NCC3CCNC3)cc2N1. The molecule has 1 amide bonds. The van der Waals surface area contributed by atoms with Crippen molar-refractivity contribution in [2.24, 2.45) is 5.92 Å². The Morgan fingerprint density at radius 2 is 2.33 bits per heavy atom. The van der Waals surface area contributed by atoms with Crippen molar-refractivity contribution in [1.29, 1.82) is 0 Å². The molecule has 3 rings (SSSR count). The molecular weight excluding hydrogens is 276 g/mol. The summed E-state index contributed by atoms with van der Waals surface area (Å²) in [5, 5.41) is 20.2. The van der Waals surface area contributed by atoms with Crippen LogP contribution >= 0.6 is 0 Å². The molecule has 21 heavy (non-hydrogen) atoms. The van der Waals surface area contributed by atoms with E-state index in [1.54, 1.807) is 6.07 Å². The number of benzene rings is 1. The molecule has 0 aromatic heterocycles. The van der Waals surface area contributed by atoms with Gasteiger partial charge in [0.05, 0.1) is 16.7 Å². The van der Waals surface area contributed by atoms with Gasteiger partial charge in [-0.15, -0.1) is 0 Å². The summed E-state index contributed by atoms with van der Waals surface area (Å²) in [5.41, 5.74) is 0.816. The summed E-state index contributed by atoms with van der Waals surface area (Å²) in [6, 6.07) is 2.91. The van der Waals surface area contributed by atoms with Crippen LogP contribution in [0.15, 0.2) is 12.1 Å². The number of rotatable bonds is 4. The zero-order valence-electron chi connectivity index (χ0n) is 11.3. The molecule has 1 aromatic carbocycles. The third-order valence-corrected chi connectivity index (χ3v) is 3.67. The lowest BCUT2D eigenvalue weighted by atomic mass is 10.1. The molecule has 3 N–H and O–H groups in total. The maximum atomic E-state index is 11.3. The molecule has 0 spiro atoms. The number of ether oxygens (including phenoxy) is 1. The molecule has 1 aromatic rings. The van der Waals surface area contributed by atoms with Crippen molar-refractivity contribution < 1.29 is 14.5 Å². The average Bonchev–Trinajstić information content (AvgIpc) is 2.97. The van der Waals surface area contributed by atoms with E-state index in [-0.39, 0.29) is 18.2 Å². The van der Waals surface area contributed by atoms with Crippen LogP contribution in [0.5, 0.6) is 5.75 Å². The van der Waals surface area contributed by atoms with Gasteiger partial charge in [0, 0.05) is 6.54 Å². The second kappa shape index (κ2) is 5.57. The number of amides is 1. The van der Waals surface area contributed by atoms with Crippen LogP contribution in [0, 0.1) is 16.0 Å². The summed E-state index contributed by atoms with van der Waals surface area (Å²) in [7, 11) is 0. The molecule has 0 radical (unpaired) electrons. The fraction of sp³-hybridized carbons (Fsp3) is 0.462. The van der Waals surface area contributed by atoms with Gasteiger partial charge in [0.25, 0.3) is 11.6 Å². The zero-order chi connectivity index (χ0) is 14.8. The van der Waals surface area contributed by atoms with E-state index in [9.17, 15) is 14.9 Å². The first-order valence-corrected chi connectivity index (χ1v) is 6.83. The number of fused-ring (bicyclic) bond motifs is 1. The summed E-state index contributed by atoms with van der Waals surface area (Å²) >= 11 is 0. The number of carbonyl (C=O) groups excluding carboxylic acids is 1. The van der Waals surface area contributed by atoms with E-state index in [1.165, 1.54) is 6.07 Å². The van der Waals surface area contributed by atoms with Gasteiger partial charge in [-0.25, -0.2) is 0 Å². The third kappa shape index (κ3) is 2.89. The number of nitro groups is 1. The molecule has 1 saturated heterocycles. The minimum absolute atomic E-state index is 0.0455. The second-order valence-corrected chi connectivity index (χ2v) is 5.20. The number of hydrogen-bond donors (Lipinski definition) is 3. The van der Waals surface area contributed by atoms with E-state index in [0.29, 0.717) is 29.6 Å². The van der Waals surface area contributed by atoms with Gasteiger partial charge in [0.15, 0.2) is 12.4 Å². The summed E-state index contributed by atoms with van der Waals surface area (Å²) in [6.07, 6.45) is 1.05. The highest BCUT2D eigenvalue weighted by atomic mass is 16.6. The molecule has 0 bridgehead atoms. The van der Waals surface area contributed by atoms with Crippen LogP contribution in [-0.2, 0) is 4.79 Å². The fourth-order valence-electron chi connectivity index (χ4n) is 2.55. The molecule has 1 unspecified atom stereocenters. The fourth-order valence-corrected chi connectivity index (χ4v) is 2.55. The summed E-state index contributed by atoms with van der Waals surface area (Å²) < 4.78 is 5.21. The van der Waals surface area contributed by atoms with Crippen molar-refractivity contribution in [1.82, 2.24) is 5.32 Å². The molecule has 2 aliphatic heterocycles. The van der Waals surface area contributed by atoms with Gasteiger partial charge in [0.2, 0.25) is 0 Å². The molecule has 8 heteroatoms. The molecule has 1 atom stereocenters. The highest BCUT2D eigenvalue weighted by Gasteiger charge is 2.24. The van der Waals surface area contributed by atoms with Crippen LogP contribution in [-0.4, -0.2) is 37.1 Å². The van der Waals surface area contributed by atoms with Gasteiger partial charge in [-0.1, -0.05) is 0 Å². The number of nitrogens with one attached hydrogen (secondary N) is 3. The molecule has 2 aliphatic rings. The molecule has 2 heterocycles. The molecule has 0 aliphatic carbocycles. The quantitative estimate of drug-likeness (QED) is 0.563. The number of carbonyl (C=O) groups is 1. The second-order valence-electron chi connectivity index (χ2n) is 5.20. The molecule has 0 saturated carbocycles. The van der Waals surface area contributed by atoms with Gasteiger partial charge in [-0.2, -0.15) is 0 Å². The number of hydrogen-bond acceptors (Lipinski definition) is 6. The van der Waals surface area contributed by atoms with Crippen LogP contribution in [0.4, 0.5) is 17.1 Å².